The number of likely N-dealkylation sites (tertiary alicyclic amines) is 1. The van der Waals surface area contributed by atoms with Crippen molar-refractivity contribution in [2.24, 2.45) is 5.18 Å². The Bertz CT molecular complexity index is 516. The van der Waals surface area contributed by atoms with E-state index in [0.717, 1.165) is 11.0 Å². The fourth-order valence-electron chi connectivity index (χ4n) is 2.98. The molecule has 6 heteroatoms. The van der Waals surface area contributed by atoms with Gasteiger partial charge in [0.05, 0.1) is 50.7 Å². The second kappa shape index (κ2) is 7.35. The maximum atomic E-state index is 12.2. The Labute approximate surface area is 131 Å². The van der Waals surface area contributed by atoms with Crippen LogP contribution in [0.1, 0.15) is 19.3 Å². The number of carbonyl (C=O) groups excluding carboxylic acids is 1. The molecule has 1 fully saturated rings. The number of nitrogens with zero attached hydrogens (tertiary/aromatic N) is 3. The van der Waals surface area contributed by atoms with Crippen molar-refractivity contribution in [3.05, 3.63) is 40.7 Å². The van der Waals surface area contributed by atoms with Crippen LogP contribution in [0.2, 0.25) is 0 Å². The van der Waals surface area contributed by atoms with Gasteiger partial charge in [0.1, 0.15) is 0 Å². The number of allylic oxidation sites excluding steroid dienone is 1. The molecule has 0 aliphatic carbocycles. The minimum Gasteiger partial charge on any atom is -0.349 e. The molecule has 0 bridgehead atoms. The summed E-state index contributed by atoms with van der Waals surface area (Å²) < 4.78 is 1.05. The predicted molar refractivity (Wildman–Crippen MR) is 86.5 cm³/mol. The van der Waals surface area contributed by atoms with E-state index in [1.807, 2.05) is 0 Å². The third-order valence-corrected chi connectivity index (χ3v) is 4.45. The molecule has 0 unspecified atom stereocenters. The molecule has 1 amide bonds. The van der Waals surface area contributed by atoms with Crippen LogP contribution in [0.15, 0.2) is 41.0 Å². The summed E-state index contributed by atoms with van der Waals surface area (Å²) in [5.74, 6) is -0.0789. The van der Waals surface area contributed by atoms with E-state index in [4.69, 9.17) is 0 Å². The molecule has 2 aliphatic heterocycles. The van der Waals surface area contributed by atoms with Crippen LogP contribution in [0.3, 0.4) is 0 Å². The summed E-state index contributed by atoms with van der Waals surface area (Å²) in [6, 6.07) is 0. The standard InChI is InChI=1S/C16H24N4O2/c1-19-13-14(6-7-15(19)12-18-22)16(21)17-8-11-20(2)9-4-3-5-10-20/h6-7,12-13H,3-5,8-11H2,1-2H3/p+1. The molecule has 1 saturated heterocycles. The summed E-state index contributed by atoms with van der Waals surface area (Å²) in [5.41, 5.74) is 1.25. The fraction of sp³-hybridized carbons (Fsp3) is 0.562. The van der Waals surface area contributed by atoms with Gasteiger partial charge < -0.3 is 14.7 Å². The SMILES string of the molecule is CN1C=C(C(=O)NCC[N+]2(C)CCCCC2)C=CC1=CN=O. The van der Waals surface area contributed by atoms with E-state index in [2.05, 4.69) is 17.5 Å². The van der Waals surface area contributed by atoms with E-state index in [0.29, 0.717) is 17.8 Å². The quantitative estimate of drug-likeness (QED) is 0.621. The molecule has 2 rings (SSSR count). The van der Waals surface area contributed by atoms with Crippen molar-refractivity contribution in [3.63, 3.8) is 0 Å². The van der Waals surface area contributed by atoms with Crippen LogP contribution in [-0.2, 0) is 4.79 Å². The van der Waals surface area contributed by atoms with Crippen molar-refractivity contribution in [1.29, 1.82) is 0 Å². The second-order valence-corrected chi connectivity index (χ2v) is 6.29. The first kappa shape index (κ1) is 16.4. The Morgan fingerprint density at radius 1 is 1.36 bits per heavy atom. The first-order chi connectivity index (χ1) is 10.5. The van der Waals surface area contributed by atoms with E-state index in [1.54, 1.807) is 30.3 Å². The van der Waals surface area contributed by atoms with Crippen molar-refractivity contribution < 1.29 is 9.28 Å². The van der Waals surface area contributed by atoms with Crippen LogP contribution in [0.4, 0.5) is 0 Å². The average Bonchev–Trinajstić information content (AvgIpc) is 2.50. The lowest BCUT2D eigenvalue weighted by Crippen LogP contribution is -2.51. The molecule has 2 aliphatic rings. The molecule has 2 heterocycles. The third-order valence-electron chi connectivity index (χ3n) is 4.45. The van der Waals surface area contributed by atoms with Crippen LogP contribution < -0.4 is 5.32 Å². The van der Waals surface area contributed by atoms with Gasteiger partial charge in [-0.3, -0.25) is 4.79 Å². The van der Waals surface area contributed by atoms with Crippen molar-refractivity contribution in [3.8, 4) is 0 Å². The van der Waals surface area contributed by atoms with Gasteiger partial charge in [-0.25, -0.2) is 0 Å². The monoisotopic (exact) mass is 305 g/mol. The molecule has 1 N–H and O–H groups in total. The Morgan fingerprint density at radius 2 is 2.09 bits per heavy atom. The number of amides is 1. The van der Waals surface area contributed by atoms with E-state index in [-0.39, 0.29) is 5.91 Å². The van der Waals surface area contributed by atoms with Gasteiger partial charge >= 0.3 is 0 Å². The van der Waals surface area contributed by atoms with Gasteiger partial charge in [0.15, 0.2) is 0 Å². The summed E-state index contributed by atoms with van der Waals surface area (Å²) in [6.45, 7) is 4.06. The largest absolute Gasteiger partial charge is 0.349 e. The lowest BCUT2D eigenvalue weighted by Gasteiger charge is -2.37. The van der Waals surface area contributed by atoms with Gasteiger partial charge in [-0.1, -0.05) is 0 Å². The van der Waals surface area contributed by atoms with Crippen LogP contribution in [0.25, 0.3) is 0 Å². The smallest absolute Gasteiger partial charge is 0.252 e. The molecule has 120 valence electrons. The maximum Gasteiger partial charge on any atom is 0.252 e. The van der Waals surface area contributed by atoms with Gasteiger partial charge in [0.25, 0.3) is 5.91 Å². The molecule has 22 heavy (non-hydrogen) atoms. The molecular formula is C16H25N4O2+. The number of nitrogens with one attached hydrogen (secondary N) is 1. The number of likely N-dealkylation sites (N-methyl/N-ethyl adjacent to an activating group) is 2. The Balaban J connectivity index is 1.83. The number of quaternary nitrogens is 1. The van der Waals surface area contributed by atoms with Gasteiger partial charge in [-0.2, -0.15) is 0 Å². The lowest BCUT2D eigenvalue weighted by atomic mass is 10.1. The molecule has 0 atom stereocenters. The van der Waals surface area contributed by atoms with E-state index in [9.17, 15) is 9.70 Å². The first-order valence-electron chi connectivity index (χ1n) is 7.81. The fourth-order valence-corrected chi connectivity index (χ4v) is 2.98. The Kier molecular flexibility index (Phi) is 5.49. The normalized spacial score (nSPS) is 22.4. The molecule has 0 spiro atoms. The summed E-state index contributed by atoms with van der Waals surface area (Å²) in [5, 5.41) is 5.74. The minimum atomic E-state index is -0.0789. The van der Waals surface area contributed by atoms with Crippen molar-refractivity contribution in [2.75, 3.05) is 40.3 Å². The molecule has 6 nitrogen and oxygen atoms in total. The third kappa shape index (κ3) is 4.27. The van der Waals surface area contributed by atoms with Crippen molar-refractivity contribution >= 4 is 5.91 Å². The molecule has 0 aromatic heterocycles. The highest BCUT2D eigenvalue weighted by Crippen LogP contribution is 2.16. The zero-order valence-electron chi connectivity index (χ0n) is 13.4. The number of nitroso groups, excluding NO2 is 1. The molecule has 0 aromatic rings. The number of rotatable bonds is 5. The minimum absolute atomic E-state index is 0.0789. The highest BCUT2D eigenvalue weighted by Gasteiger charge is 2.24. The maximum absolute atomic E-state index is 12.2. The topological polar surface area (TPSA) is 61.8 Å². The summed E-state index contributed by atoms with van der Waals surface area (Å²) in [7, 11) is 4.05. The van der Waals surface area contributed by atoms with Crippen LogP contribution in [0, 0.1) is 4.91 Å². The second-order valence-electron chi connectivity index (χ2n) is 6.29. The van der Waals surface area contributed by atoms with Gasteiger partial charge in [0.2, 0.25) is 0 Å². The summed E-state index contributed by atoms with van der Waals surface area (Å²) in [6.07, 6.45) is 10.3. The highest BCUT2D eigenvalue weighted by atomic mass is 16.2. The van der Waals surface area contributed by atoms with Crippen molar-refractivity contribution in [1.82, 2.24) is 10.2 Å². The summed E-state index contributed by atoms with van der Waals surface area (Å²) in [4.78, 5) is 24.2. The number of hydrogen-bond acceptors (Lipinski definition) is 4. The van der Waals surface area contributed by atoms with E-state index >= 15 is 0 Å². The first-order valence-corrected chi connectivity index (χ1v) is 7.81. The number of piperidine rings is 1. The number of carbonyl (C=O) groups is 1. The van der Waals surface area contributed by atoms with E-state index < -0.39 is 0 Å². The zero-order chi connectivity index (χ0) is 16.0. The zero-order valence-corrected chi connectivity index (χ0v) is 13.4. The number of hydrogen-bond donors (Lipinski definition) is 1. The van der Waals surface area contributed by atoms with Gasteiger partial charge in [-0.05, 0) is 36.6 Å². The lowest BCUT2D eigenvalue weighted by molar-refractivity contribution is -0.912. The van der Waals surface area contributed by atoms with Crippen LogP contribution in [-0.4, -0.2) is 55.6 Å². The molecule has 0 radical (unpaired) electrons. The summed E-state index contributed by atoms with van der Waals surface area (Å²) >= 11 is 0. The van der Waals surface area contributed by atoms with Crippen LogP contribution >= 0.6 is 0 Å². The van der Waals surface area contributed by atoms with Gasteiger partial charge in [-0.15, -0.1) is 4.91 Å². The van der Waals surface area contributed by atoms with E-state index in [1.165, 1.54) is 38.6 Å². The Morgan fingerprint density at radius 3 is 2.73 bits per heavy atom. The van der Waals surface area contributed by atoms with Gasteiger partial charge in [0, 0.05) is 13.2 Å². The van der Waals surface area contributed by atoms with Crippen molar-refractivity contribution in [2.45, 2.75) is 19.3 Å². The van der Waals surface area contributed by atoms with Crippen LogP contribution in [0.5, 0.6) is 0 Å². The molecule has 0 saturated carbocycles. The average molecular weight is 305 g/mol. The highest BCUT2D eigenvalue weighted by molar-refractivity contribution is 5.96. The molecular weight excluding hydrogens is 280 g/mol. The predicted octanol–water partition coefficient (Wildman–Crippen LogP) is 1.73. The molecule has 0 aromatic carbocycles. The Hall–Kier alpha value is -1.95.